The summed E-state index contributed by atoms with van der Waals surface area (Å²) >= 11 is 0. The van der Waals surface area contributed by atoms with Crippen molar-refractivity contribution >= 4 is 0 Å². The van der Waals surface area contributed by atoms with E-state index in [2.05, 4.69) is 23.8 Å². The lowest BCUT2D eigenvalue weighted by molar-refractivity contribution is 0.378. The molecular formula is C15H24N2. The van der Waals surface area contributed by atoms with Crippen molar-refractivity contribution in [3.8, 4) is 0 Å². The third kappa shape index (κ3) is 2.03. The van der Waals surface area contributed by atoms with Gasteiger partial charge in [0.15, 0.2) is 0 Å². The monoisotopic (exact) mass is 232 g/mol. The number of nitrogens with zero attached hydrogens (tertiary/aromatic N) is 1. The number of hydrogen-bond donors (Lipinski definition) is 1. The largest absolute Gasteiger partial charge is 0.351 e. The van der Waals surface area contributed by atoms with Gasteiger partial charge in [0.2, 0.25) is 0 Å². The Balaban J connectivity index is 1.80. The van der Waals surface area contributed by atoms with E-state index in [1.54, 1.807) is 0 Å². The second-order valence-corrected chi connectivity index (χ2v) is 6.09. The van der Waals surface area contributed by atoms with E-state index in [4.69, 9.17) is 5.73 Å². The van der Waals surface area contributed by atoms with E-state index < -0.39 is 0 Å². The summed E-state index contributed by atoms with van der Waals surface area (Å²) in [6, 6.07) is 2.56. The van der Waals surface area contributed by atoms with E-state index >= 15 is 0 Å². The Hall–Kier alpha value is -0.760. The second kappa shape index (κ2) is 4.16. The maximum atomic E-state index is 6.18. The van der Waals surface area contributed by atoms with Crippen LogP contribution in [0.4, 0.5) is 0 Å². The molecule has 1 unspecified atom stereocenters. The molecule has 2 aliphatic carbocycles. The van der Waals surface area contributed by atoms with Crippen molar-refractivity contribution in [2.24, 2.45) is 11.1 Å². The van der Waals surface area contributed by atoms with Crippen LogP contribution in [0.2, 0.25) is 0 Å². The summed E-state index contributed by atoms with van der Waals surface area (Å²) in [5.74, 6) is 0. The van der Waals surface area contributed by atoms with Crippen LogP contribution in [0.5, 0.6) is 0 Å². The van der Waals surface area contributed by atoms with Crippen LogP contribution in [0.1, 0.15) is 62.7 Å². The van der Waals surface area contributed by atoms with E-state index in [-0.39, 0.29) is 0 Å². The van der Waals surface area contributed by atoms with Crippen molar-refractivity contribution in [1.29, 1.82) is 0 Å². The minimum absolute atomic E-state index is 0.293. The standard InChI is InChI=1S/C15H24N2/c1-2-7-15(8-9-15)11-17-10-6-12-13(16)4-3-5-14(12)17/h6,10,13H,2-5,7-9,11,16H2,1H3. The smallest absolute Gasteiger partial charge is 0.0312 e. The van der Waals surface area contributed by atoms with Crippen LogP contribution in [-0.2, 0) is 13.0 Å². The van der Waals surface area contributed by atoms with Crippen molar-refractivity contribution in [3.05, 3.63) is 23.5 Å². The summed E-state index contributed by atoms with van der Waals surface area (Å²) in [5, 5.41) is 0. The SMILES string of the molecule is CCCC1(Cn2ccc3c2CCCC3N)CC1. The fraction of sp³-hybridized carbons (Fsp3) is 0.733. The Morgan fingerprint density at radius 3 is 3.00 bits per heavy atom. The molecule has 2 nitrogen and oxygen atoms in total. The molecule has 1 aromatic heterocycles. The molecule has 2 heteroatoms. The van der Waals surface area contributed by atoms with E-state index in [0.717, 1.165) is 6.42 Å². The highest BCUT2D eigenvalue weighted by molar-refractivity contribution is 5.28. The highest BCUT2D eigenvalue weighted by Gasteiger charge is 2.42. The van der Waals surface area contributed by atoms with Gasteiger partial charge in [0.25, 0.3) is 0 Å². The molecule has 1 fully saturated rings. The van der Waals surface area contributed by atoms with Crippen LogP contribution in [0.3, 0.4) is 0 Å². The second-order valence-electron chi connectivity index (χ2n) is 6.09. The van der Waals surface area contributed by atoms with Crippen molar-refractivity contribution in [1.82, 2.24) is 4.57 Å². The van der Waals surface area contributed by atoms with E-state index in [1.807, 2.05) is 0 Å². The predicted octanol–water partition coefficient (Wildman–Crippen LogP) is 3.40. The van der Waals surface area contributed by atoms with Gasteiger partial charge in [0.05, 0.1) is 0 Å². The Kier molecular flexibility index (Phi) is 2.78. The third-order valence-electron chi connectivity index (χ3n) is 4.69. The number of fused-ring (bicyclic) bond motifs is 1. The first-order valence-electron chi connectivity index (χ1n) is 7.18. The minimum atomic E-state index is 0.293. The summed E-state index contributed by atoms with van der Waals surface area (Å²) in [5.41, 5.74) is 9.78. The Morgan fingerprint density at radius 1 is 1.47 bits per heavy atom. The van der Waals surface area contributed by atoms with Crippen molar-refractivity contribution in [2.75, 3.05) is 0 Å². The molecule has 0 amide bonds. The van der Waals surface area contributed by atoms with Gasteiger partial charge >= 0.3 is 0 Å². The van der Waals surface area contributed by atoms with Gasteiger partial charge in [0.1, 0.15) is 0 Å². The van der Waals surface area contributed by atoms with Crippen LogP contribution >= 0.6 is 0 Å². The lowest BCUT2D eigenvalue weighted by Gasteiger charge is -2.23. The number of hydrogen-bond acceptors (Lipinski definition) is 1. The Morgan fingerprint density at radius 2 is 2.29 bits per heavy atom. The zero-order valence-corrected chi connectivity index (χ0v) is 10.9. The molecule has 0 saturated heterocycles. The molecule has 17 heavy (non-hydrogen) atoms. The van der Waals surface area contributed by atoms with E-state index in [1.165, 1.54) is 56.3 Å². The van der Waals surface area contributed by atoms with Gasteiger partial charge in [-0.1, -0.05) is 13.3 Å². The third-order valence-corrected chi connectivity index (χ3v) is 4.69. The molecule has 1 heterocycles. The molecule has 2 aliphatic rings. The molecule has 0 radical (unpaired) electrons. The van der Waals surface area contributed by atoms with Crippen LogP contribution in [0.15, 0.2) is 12.3 Å². The summed E-state index contributed by atoms with van der Waals surface area (Å²) < 4.78 is 2.51. The number of aromatic nitrogens is 1. The van der Waals surface area contributed by atoms with Gasteiger partial charge in [-0.2, -0.15) is 0 Å². The zero-order valence-electron chi connectivity index (χ0n) is 10.9. The highest BCUT2D eigenvalue weighted by atomic mass is 15.0. The van der Waals surface area contributed by atoms with Gasteiger partial charge in [0, 0.05) is 24.5 Å². The van der Waals surface area contributed by atoms with Gasteiger partial charge in [-0.05, 0) is 55.6 Å². The quantitative estimate of drug-likeness (QED) is 0.847. The molecular weight excluding hydrogens is 208 g/mol. The zero-order chi connectivity index (χ0) is 11.9. The first-order chi connectivity index (χ1) is 8.24. The van der Waals surface area contributed by atoms with E-state index in [9.17, 15) is 0 Å². The van der Waals surface area contributed by atoms with Crippen LogP contribution in [0, 0.1) is 5.41 Å². The molecule has 3 rings (SSSR count). The summed E-state index contributed by atoms with van der Waals surface area (Å²) in [6.07, 6.45) is 11.5. The van der Waals surface area contributed by atoms with Crippen LogP contribution in [0.25, 0.3) is 0 Å². The average Bonchev–Trinajstić information content (AvgIpc) is 2.93. The first kappa shape index (κ1) is 11.3. The fourth-order valence-electron chi connectivity index (χ4n) is 3.50. The van der Waals surface area contributed by atoms with Gasteiger partial charge in [-0.15, -0.1) is 0 Å². The molecule has 0 spiro atoms. The van der Waals surface area contributed by atoms with Gasteiger partial charge < -0.3 is 10.3 Å². The normalized spacial score (nSPS) is 25.6. The lowest BCUT2D eigenvalue weighted by Crippen LogP contribution is -2.20. The number of rotatable bonds is 4. The molecule has 2 N–H and O–H groups in total. The fourth-order valence-corrected chi connectivity index (χ4v) is 3.50. The molecule has 1 atom stereocenters. The molecule has 1 aromatic rings. The lowest BCUT2D eigenvalue weighted by atomic mass is 9.93. The molecule has 1 saturated carbocycles. The number of nitrogens with two attached hydrogens (primary N) is 1. The topological polar surface area (TPSA) is 30.9 Å². The first-order valence-corrected chi connectivity index (χ1v) is 7.18. The van der Waals surface area contributed by atoms with Gasteiger partial charge in [-0.3, -0.25) is 0 Å². The molecule has 0 bridgehead atoms. The summed E-state index contributed by atoms with van der Waals surface area (Å²) in [6.45, 7) is 3.55. The minimum Gasteiger partial charge on any atom is -0.351 e. The summed E-state index contributed by atoms with van der Waals surface area (Å²) in [7, 11) is 0. The Labute approximate surface area is 104 Å². The summed E-state index contributed by atoms with van der Waals surface area (Å²) in [4.78, 5) is 0. The highest BCUT2D eigenvalue weighted by Crippen LogP contribution is 2.51. The van der Waals surface area contributed by atoms with Gasteiger partial charge in [-0.25, -0.2) is 0 Å². The maximum Gasteiger partial charge on any atom is 0.0312 e. The molecule has 0 aliphatic heterocycles. The van der Waals surface area contributed by atoms with Crippen molar-refractivity contribution in [2.45, 2.75) is 64.5 Å². The van der Waals surface area contributed by atoms with Crippen molar-refractivity contribution in [3.63, 3.8) is 0 Å². The van der Waals surface area contributed by atoms with Crippen molar-refractivity contribution < 1.29 is 0 Å². The van der Waals surface area contributed by atoms with Crippen LogP contribution in [-0.4, -0.2) is 4.57 Å². The molecule has 0 aromatic carbocycles. The Bertz CT molecular complexity index is 401. The maximum absolute atomic E-state index is 6.18. The van der Waals surface area contributed by atoms with Crippen LogP contribution < -0.4 is 5.73 Å². The molecule has 94 valence electrons. The van der Waals surface area contributed by atoms with E-state index in [0.29, 0.717) is 11.5 Å². The predicted molar refractivity (Wildman–Crippen MR) is 70.9 cm³/mol. The average molecular weight is 232 g/mol.